The van der Waals surface area contributed by atoms with E-state index in [-0.39, 0.29) is 5.54 Å². The molecule has 3 rings (SSSR count). The molecule has 0 spiro atoms. The zero-order chi connectivity index (χ0) is 12.0. The van der Waals surface area contributed by atoms with Crippen molar-refractivity contribution in [3.8, 4) is 0 Å². The molecule has 0 radical (unpaired) electrons. The first-order valence-electron chi connectivity index (χ1n) is 6.21. The monoisotopic (exact) mass is 227 g/mol. The molecule has 0 amide bonds. The van der Waals surface area contributed by atoms with Crippen LogP contribution in [0.3, 0.4) is 0 Å². The van der Waals surface area contributed by atoms with Crippen LogP contribution in [0.15, 0.2) is 36.4 Å². The van der Waals surface area contributed by atoms with Crippen LogP contribution < -0.4 is 4.90 Å². The number of hydrogen-bond acceptors (Lipinski definition) is 2. The number of para-hydroxylation sites is 1. The number of benzene rings is 1. The predicted octanol–water partition coefficient (Wildman–Crippen LogP) is 3.19. The van der Waals surface area contributed by atoms with Gasteiger partial charge in [0.1, 0.15) is 5.54 Å². The molecule has 2 heteroatoms. The van der Waals surface area contributed by atoms with Crippen molar-refractivity contribution in [2.24, 2.45) is 0 Å². The average Bonchev–Trinajstić information content (AvgIpc) is 2.79. The van der Waals surface area contributed by atoms with E-state index < -0.39 is 0 Å². The maximum Gasteiger partial charge on any atom is 0.190 e. The number of hydrogen-bond donors (Lipinski definition) is 0. The first-order chi connectivity index (χ1) is 8.15. The van der Waals surface area contributed by atoms with E-state index in [4.69, 9.17) is 0 Å². The minimum absolute atomic E-state index is 0.300. The second kappa shape index (κ2) is 3.46. The molecule has 0 aromatic heterocycles. The molecule has 1 unspecified atom stereocenters. The van der Waals surface area contributed by atoms with E-state index in [1.807, 2.05) is 25.1 Å². The van der Waals surface area contributed by atoms with Crippen molar-refractivity contribution in [1.82, 2.24) is 0 Å². The summed E-state index contributed by atoms with van der Waals surface area (Å²) < 4.78 is 0. The first kappa shape index (κ1) is 10.6. The van der Waals surface area contributed by atoms with Crippen molar-refractivity contribution < 1.29 is 4.79 Å². The van der Waals surface area contributed by atoms with Gasteiger partial charge < -0.3 is 4.90 Å². The Morgan fingerprint density at radius 1 is 1.47 bits per heavy atom. The Morgan fingerprint density at radius 3 is 3.00 bits per heavy atom. The van der Waals surface area contributed by atoms with Gasteiger partial charge in [-0.1, -0.05) is 17.7 Å². The third kappa shape index (κ3) is 1.30. The summed E-state index contributed by atoms with van der Waals surface area (Å²) in [5.74, 6) is 0.300. The van der Waals surface area contributed by atoms with Crippen molar-refractivity contribution in [3.63, 3.8) is 0 Å². The van der Waals surface area contributed by atoms with Crippen molar-refractivity contribution in [1.29, 1.82) is 0 Å². The highest BCUT2D eigenvalue weighted by Gasteiger charge is 2.53. The van der Waals surface area contributed by atoms with Gasteiger partial charge in [-0.15, -0.1) is 6.58 Å². The molecule has 2 nitrogen and oxygen atoms in total. The zero-order valence-electron chi connectivity index (χ0n) is 10.2. The van der Waals surface area contributed by atoms with E-state index in [1.54, 1.807) is 0 Å². The summed E-state index contributed by atoms with van der Waals surface area (Å²) in [5.41, 5.74) is 2.80. The molecule has 1 aromatic carbocycles. The standard InChI is InChI=1S/C15H17NO/c1-11(2)10-15-8-5-9-16(15)13-7-4-3-6-12(13)14(15)17/h3-4,6-7H,1,5,8-10H2,2H3. The lowest BCUT2D eigenvalue weighted by atomic mass is 9.85. The fraction of sp³-hybridized carbons (Fsp3) is 0.400. The van der Waals surface area contributed by atoms with Crippen LogP contribution in [-0.2, 0) is 0 Å². The highest BCUT2D eigenvalue weighted by atomic mass is 16.1. The van der Waals surface area contributed by atoms with Gasteiger partial charge >= 0.3 is 0 Å². The SMILES string of the molecule is C=C(C)CC12CCCN1c1ccccc1C2=O. The molecule has 2 aliphatic rings. The third-order valence-electron chi connectivity index (χ3n) is 3.95. The topological polar surface area (TPSA) is 20.3 Å². The quantitative estimate of drug-likeness (QED) is 0.723. The Labute approximate surface area is 102 Å². The second-order valence-corrected chi connectivity index (χ2v) is 5.27. The maximum atomic E-state index is 12.7. The molecular weight excluding hydrogens is 210 g/mol. The number of fused-ring (bicyclic) bond motifs is 3. The summed E-state index contributed by atoms with van der Waals surface area (Å²) in [4.78, 5) is 15.0. The highest BCUT2D eigenvalue weighted by Crippen LogP contribution is 2.47. The number of nitrogens with zero attached hydrogens (tertiary/aromatic N) is 1. The molecule has 2 aliphatic heterocycles. The minimum atomic E-state index is -0.310. The number of Topliss-reactive ketones (excluding diaryl/α,β-unsaturated/α-hetero) is 1. The van der Waals surface area contributed by atoms with Crippen molar-refractivity contribution in [3.05, 3.63) is 42.0 Å². The molecular formula is C15H17NO. The number of ketones is 1. The predicted molar refractivity (Wildman–Crippen MR) is 69.5 cm³/mol. The maximum absolute atomic E-state index is 12.7. The summed E-state index contributed by atoms with van der Waals surface area (Å²) >= 11 is 0. The van der Waals surface area contributed by atoms with Crippen LogP contribution in [0.4, 0.5) is 5.69 Å². The molecule has 2 heterocycles. The van der Waals surface area contributed by atoms with Crippen LogP contribution in [-0.4, -0.2) is 17.9 Å². The molecule has 1 saturated heterocycles. The highest BCUT2D eigenvalue weighted by molar-refractivity contribution is 6.14. The van der Waals surface area contributed by atoms with Crippen LogP contribution >= 0.6 is 0 Å². The number of carbonyl (C=O) groups excluding carboxylic acids is 1. The number of anilines is 1. The smallest absolute Gasteiger partial charge is 0.190 e. The summed E-state index contributed by atoms with van der Waals surface area (Å²) in [5, 5.41) is 0. The molecule has 1 fully saturated rings. The van der Waals surface area contributed by atoms with Gasteiger partial charge in [0.2, 0.25) is 0 Å². The number of rotatable bonds is 2. The number of carbonyl (C=O) groups is 1. The summed E-state index contributed by atoms with van der Waals surface area (Å²) in [6, 6.07) is 7.99. The van der Waals surface area contributed by atoms with E-state index in [0.717, 1.165) is 42.6 Å². The second-order valence-electron chi connectivity index (χ2n) is 5.27. The molecule has 0 saturated carbocycles. The normalized spacial score (nSPS) is 25.9. The van der Waals surface area contributed by atoms with Gasteiger partial charge in [0, 0.05) is 17.8 Å². The van der Waals surface area contributed by atoms with Crippen LogP contribution in [0.2, 0.25) is 0 Å². The third-order valence-corrected chi connectivity index (χ3v) is 3.95. The van der Waals surface area contributed by atoms with Crippen LogP contribution in [0.25, 0.3) is 0 Å². The molecule has 1 atom stereocenters. The van der Waals surface area contributed by atoms with Crippen LogP contribution in [0.5, 0.6) is 0 Å². The average molecular weight is 227 g/mol. The molecule has 17 heavy (non-hydrogen) atoms. The van der Waals surface area contributed by atoms with Gasteiger partial charge in [0.05, 0.1) is 0 Å². The Hall–Kier alpha value is -1.57. The van der Waals surface area contributed by atoms with Crippen LogP contribution in [0, 0.1) is 0 Å². The van der Waals surface area contributed by atoms with Crippen molar-refractivity contribution >= 4 is 11.5 Å². The molecule has 0 N–H and O–H groups in total. The summed E-state index contributed by atoms with van der Waals surface area (Å²) in [6.07, 6.45) is 2.86. The Balaban J connectivity index is 2.12. The van der Waals surface area contributed by atoms with E-state index in [2.05, 4.69) is 17.5 Å². The molecule has 88 valence electrons. The lowest BCUT2D eigenvalue weighted by molar-refractivity contribution is 0.0907. The van der Waals surface area contributed by atoms with Crippen molar-refractivity contribution in [2.75, 3.05) is 11.4 Å². The van der Waals surface area contributed by atoms with Gasteiger partial charge in [-0.05, 0) is 38.3 Å². The summed E-state index contributed by atoms with van der Waals surface area (Å²) in [7, 11) is 0. The van der Waals surface area contributed by atoms with E-state index in [1.165, 1.54) is 0 Å². The minimum Gasteiger partial charge on any atom is -0.357 e. The van der Waals surface area contributed by atoms with Gasteiger partial charge in [-0.3, -0.25) is 4.79 Å². The fourth-order valence-corrected chi connectivity index (χ4v) is 3.38. The molecule has 0 bridgehead atoms. The summed E-state index contributed by atoms with van der Waals surface area (Å²) in [6.45, 7) is 7.00. The van der Waals surface area contributed by atoms with Gasteiger partial charge in [-0.25, -0.2) is 0 Å². The lowest BCUT2D eigenvalue weighted by Gasteiger charge is -2.32. The Bertz CT molecular complexity index is 505. The van der Waals surface area contributed by atoms with Gasteiger partial charge in [-0.2, -0.15) is 0 Å². The lowest BCUT2D eigenvalue weighted by Crippen LogP contribution is -2.45. The molecule has 0 aliphatic carbocycles. The van der Waals surface area contributed by atoms with E-state index in [0.29, 0.717) is 5.78 Å². The fourth-order valence-electron chi connectivity index (χ4n) is 3.38. The van der Waals surface area contributed by atoms with E-state index in [9.17, 15) is 4.79 Å². The Kier molecular flexibility index (Phi) is 2.15. The largest absolute Gasteiger partial charge is 0.357 e. The first-order valence-corrected chi connectivity index (χ1v) is 6.21. The van der Waals surface area contributed by atoms with Crippen LogP contribution in [0.1, 0.15) is 36.5 Å². The Morgan fingerprint density at radius 2 is 2.24 bits per heavy atom. The zero-order valence-corrected chi connectivity index (χ0v) is 10.2. The molecule has 1 aromatic rings. The van der Waals surface area contributed by atoms with Crippen molar-refractivity contribution in [2.45, 2.75) is 31.7 Å². The van der Waals surface area contributed by atoms with E-state index >= 15 is 0 Å². The van der Waals surface area contributed by atoms with Gasteiger partial charge in [0.25, 0.3) is 0 Å². The van der Waals surface area contributed by atoms with Gasteiger partial charge in [0.15, 0.2) is 5.78 Å².